The number of aryl methyl sites for hydroxylation is 2. The normalized spacial score (nSPS) is 15.4. The largest absolute Gasteiger partial charge is 0.366 e. The van der Waals surface area contributed by atoms with Crippen LogP contribution in [0.5, 0.6) is 0 Å². The molecule has 7 heteroatoms. The first kappa shape index (κ1) is 20.5. The van der Waals surface area contributed by atoms with Gasteiger partial charge in [-0.15, -0.1) is 0 Å². The minimum absolute atomic E-state index is 0.200. The molecule has 1 aliphatic heterocycles. The fraction of sp³-hybridized carbons (Fsp3) is 0.435. The van der Waals surface area contributed by atoms with Gasteiger partial charge in [-0.1, -0.05) is 18.2 Å². The van der Waals surface area contributed by atoms with Gasteiger partial charge in [0.1, 0.15) is 17.5 Å². The van der Waals surface area contributed by atoms with Crippen LogP contribution in [0.2, 0.25) is 0 Å². The Morgan fingerprint density at radius 3 is 2.67 bits per heavy atom. The molecular formula is C23H29FN6. The molecule has 6 nitrogen and oxygen atoms in total. The van der Waals surface area contributed by atoms with E-state index in [1.54, 1.807) is 12.1 Å². The molecule has 0 radical (unpaired) electrons. The maximum Gasteiger partial charge on any atom is 0.130 e. The Labute approximate surface area is 177 Å². The third-order valence-electron chi connectivity index (χ3n) is 5.82. The molecular weight excluding hydrogens is 379 g/mol. The van der Waals surface area contributed by atoms with Gasteiger partial charge in [0.15, 0.2) is 0 Å². The summed E-state index contributed by atoms with van der Waals surface area (Å²) >= 11 is 0. The van der Waals surface area contributed by atoms with Gasteiger partial charge in [-0.05, 0) is 57.3 Å². The zero-order valence-corrected chi connectivity index (χ0v) is 17.7. The Bertz CT molecular complexity index is 977. The molecule has 0 saturated carbocycles. The second-order valence-corrected chi connectivity index (χ2v) is 8.11. The lowest BCUT2D eigenvalue weighted by atomic mass is 9.92. The molecule has 4 rings (SSSR count). The molecule has 158 valence electrons. The second-order valence-electron chi connectivity index (χ2n) is 8.11. The summed E-state index contributed by atoms with van der Waals surface area (Å²) in [6, 6.07) is 10.9. The molecule has 1 aromatic carbocycles. The van der Waals surface area contributed by atoms with Gasteiger partial charge >= 0.3 is 0 Å². The number of piperidine rings is 1. The molecule has 1 saturated heterocycles. The summed E-state index contributed by atoms with van der Waals surface area (Å²) in [5.74, 6) is 1.93. The summed E-state index contributed by atoms with van der Waals surface area (Å²) in [7, 11) is 2.00. The number of rotatable bonds is 7. The Balaban J connectivity index is 1.31. The van der Waals surface area contributed by atoms with Gasteiger partial charge < -0.3 is 5.32 Å². The molecule has 0 spiro atoms. The Kier molecular flexibility index (Phi) is 6.38. The van der Waals surface area contributed by atoms with E-state index in [1.165, 1.54) is 24.6 Å². The molecule has 0 unspecified atom stereocenters. The number of anilines is 1. The minimum atomic E-state index is -0.200. The van der Waals surface area contributed by atoms with Gasteiger partial charge in [-0.2, -0.15) is 5.10 Å². The molecule has 0 aliphatic carbocycles. The predicted octanol–water partition coefficient (Wildman–Crippen LogP) is 3.72. The Hall–Kier alpha value is -2.80. The molecule has 3 heterocycles. The molecule has 30 heavy (non-hydrogen) atoms. The van der Waals surface area contributed by atoms with Crippen LogP contribution < -0.4 is 5.32 Å². The summed E-state index contributed by atoms with van der Waals surface area (Å²) in [5, 5.41) is 7.51. The molecule has 2 aromatic heterocycles. The first-order valence-corrected chi connectivity index (χ1v) is 10.6. The maximum absolute atomic E-state index is 13.9. The van der Waals surface area contributed by atoms with Crippen molar-refractivity contribution in [3.8, 4) is 0 Å². The van der Waals surface area contributed by atoms with Crippen molar-refractivity contribution in [2.75, 3.05) is 18.4 Å². The van der Waals surface area contributed by atoms with Crippen LogP contribution in [0.4, 0.5) is 10.2 Å². The predicted molar refractivity (Wildman–Crippen MR) is 115 cm³/mol. The Morgan fingerprint density at radius 1 is 1.13 bits per heavy atom. The van der Waals surface area contributed by atoms with E-state index in [4.69, 9.17) is 0 Å². The third kappa shape index (κ3) is 5.21. The minimum Gasteiger partial charge on any atom is -0.366 e. The fourth-order valence-corrected chi connectivity index (χ4v) is 4.08. The van der Waals surface area contributed by atoms with Crippen LogP contribution in [0.1, 0.15) is 35.6 Å². The van der Waals surface area contributed by atoms with Crippen molar-refractivity contribution in [3.05, 3.63) is 71.2 Å². The van der Waals surface area contributed by atoms with Crippen molar-refractivity contribution >= 4 is 5.82 Å². The van der Waals surface area contributed by atoms with Gasteiger partial charge in [0.05, 0.1) is 5.69 Å². The molecule has 1 fully saturated rings. The maximum atomic E-state index is 13.9. The lowest BCUT2D eigenvalue weighted by Crippen LogP contribution is -2.34. The zero-order chi connectivity index (χ0) is 20.9. The van der Waals surface area contributed by atoms with Crippen LogP contribution >= 0.6 is 0 Å². The van der Waals surface area contributed by atoms with E-state index in [0.29, 0.717) is 18.0 Å². The van der Waals surface area contributed by atoms with E-state index in [-0.39, 0.29) is 5.82 Å². The summed E-state index contributed by atoms with van der Waals surface area (Å²) < 4.78 is 15.8. The van der Waals surface area contributed by atoms with Crippen LogP contribution in [0, 0.1) is 18.7 Å². The lowest BCUT2D eigenvalue weighted by Gasteiger charge is -2.31. The highest BCUT2D eigenvalue weighted by Crippen LogP contribution is 2.23. The van der Waals surface area contributed by atoms with E-state index in [0.717, 1.165) is 43.4 Å². The number of nitrogens with one attached hydrogen (secondary N) is 1. The molecule has 3 aromatic rings. The Morgan fingerprint density at radius 2 is 1.93 bits per heavy atom. The first-order chi connectivity index (χ1) is 14.6. The van der Waals surface area contributed by atoms with E-state index in [2.05, 4.69) is 31.3 Å². The number of likely N-dealkylation sites (tertiary alicyclic amines) is 1. The van der Waals surface area contributed by atoms with Gasteiger partial charge in [0, 0.05) is 43.7 Å². The van der Waals surface area contributed by atoms with Gasteiger partial charge in [-0.25, -0.2) is 14.4 Å². The zero-order valence-electron chi connectivity index (χ0n) is 17.7. The molecule has 0 amide bonds. The molecule has 0 atom stereocenters. The van der Waals surface area contributed by atoms with E-state index in [1.807, 2.05) is 37.0 Å². The molecule has 1 aliphatic rings. The third-order valence-corrected chi connectivity index (χ3v) is 5.82. The van der Waals surface area contributed by atoms with Crippen LogP contribution in [0.3, 0.4) is 0 Å². The first-order valence-electron chi connectivity index (χ1n) is 10.6. The number of nitrogens with zero attached hydrogens (tertiary/aromatic N) is 5. The number of aromatic nitrogens is 4. The topological polar surface area (TPSA) is 58.9 Å². The van der Waals surface area contributed by atoms with Crippen molar-refractivity contribution in [2.24, 2.45) is 13.0 Å². The monoisotopic (exact) mass is 408 g/mol. The summed E-state index contributed by atoms with van der Waals surface area (Å²) in [6.45, 7) is 5.47. The van der Waals surface area contributed by atoms with Crippen molar-refractivity contribution < 1.29 is 4.39 Å². The van der Waals surface area contributed by atoms with Gasteiger partial charge in [0.2, 0.25) is 0 Å². The fourth-order valence-electron chi connectivity index (χ4n) is 4.08. The smallest absolute Gasteiger partial charge is 0.130 e. The number of benzene rings is 1. The van der Waals surface area contributed by atoms with Crippen molar-refractivity contribution in [3.63, 3.8) is 0 Å². The summed E-state index contributed by atoms with van der Waals surface area (Å²) in [6.07, 6.45) is 5.15. The van der Waals surface area contributed by atoms with Crippen LogP contribution in [0.15, 0.2) is 42.6 Å². The van der Waals surface area contributed by atoms with Crippen molar-refractivity contribution in [1.82, 2.24) is 24.6 Å². The molecule has 1 N–H and O–H groups in total. The lowest BCUT2D eigenvalue weighted by molar-refractivity contribution is 0.173. The van der Waals surface area contributed by atoms with Crippen LogP contribution in [0.25, 0.3) is 0 Å². The van der Waals surface area contributed by atoms with Gasteiger partial charge in [-0.3, -0.25) is 9.58 Å². The molecule has 0 bridgehead atoms. The van der Waals surface area contributed by atoms with Crippen molar-refractivity contribution in [2.45, 2.75) is 39.3 Å². The average Bonchev–Trinajstić information content (AvgIpc) is 3.13. The number of hydrogen-bond acceptors (Lipinski definition) is 5. The highest BCUT2D eigenvalue weighted by Gasteiger charge is 2.21. The van der Waals surface area contributed by atoms with Crippen molar-refractivity contribution in [1.29, 1.82) is 0 Å². The van der Waals surface area contributed by atoms with E-state index < -0.39 is 0 Å². The SMILES string of the molecule is Cc1nc(CC2CCN(Cc3ccnn3C)CC2)cc(NCc2ccccc2F)n1. The van der Waals surface area contributed by atoms with Crippen LogP contribution in [-0.2, 0) is 26.6 Å². The average molecular weight is 409 g/mol. The summed E-state index contributed by atoms with van der Waals surface area (Å²) in [4.78, 5) is 11.6. The number of hydrogen-bond donors (Lipinski definition) is 1. The quantitative estimate of drug-likeness (QED) is 0.646. The second kappa shape index (κ2) is 9.34. The standard InChI is InChI=1S/C23H29FN6/c1-17-27-20(14-23(28-17)25-15-19-5-3-4-6-22(19)24)13-18-8-11-30(12-9-18)16-21-7-10-26-29(21)2/h3-7,10,14,18H,8-9,11-13,15-16H2,1-2H3,(H,25,27,28). The highest BCUT2D eigenvalue weighted by molar-refractivity contribution is 5.37. The number of halogens is 1. The van der Waals surface area contributed by atoms with Crippen LogP contribution in [-0.4, -0.2) is 37.7 Å². The van der Waals surface area contributed by atoms with E-state index in [9.17, 15) is 4.39 Å². The van der Waals surface area contributed by atoms with E-state index >= 15 is 0 Å². The summed E-state index contributed by atoms with van der Waals surface area (Å²) in [5.41, 5.74) is 2.95. The van der Waals surface area contributed by atoms with Gasteiger partial charge in [0.25, 0.3) is 0 Å². The highest BCUT2D eigenvalue weighted by atomic mass is 19.1.